The molecule has 0 spiro atoms. The Kier molecular flexibility index (Phi) is 3.93. The Morgan fingerprint density at radius 2 is 2.20 bits per heavy atom. The normalized spacial score (nSPS) is 16.8. The molecule has 0 radical (unpaired) electrons. The van der Waals surface area contributed by atoms with Gasteiger partial charge in [-0.25, -0.2) is 0 Å². The van der Waals surface area contributed by atoms with Gasteiger partial charge in [-0.2, -0.15) is 0 Å². The number of rotatable bonds is 0. The number of hydrogen-bond donors (Lipinski definition) is 0. The predicted molar refractivity (Wildman–Crippen MR) is 26.6 cm³/mol. The minimum Gasteiger partial charge on any atom is -0.530 e. The van der Waals surface area contributed by atoms with Crippen LogP contribution in [0.4, 0.5) is 4.79 Å². The Hall–Kier alpha value is -0.0600. The molecule has 4 nitrogen and oxygen atoms in total. The first-order valence-electron chi connectivity index (χ1n) is 2.68. The molecule has 1 rings (SSSR count). The second-order valence-corrected chi connectivity index (χ2v) is 1.98. The van der Waals surface area contributed by atoms with Gasteiger partial charge in [0.25, 0.3) is 0 Å². The van der Waals surface area contributed by atoms with Crippen LogP contribution < -0.4 is 34.7 Å². The number of likely N-dealkylation sites (tertiary alicyclic amines) is 1. The summed E-state index contributed by atoms with van der Waals surface area (Å²) in [6.07, 6.45) is -0.908. The van der Waals surface area contributed by atoms with Crippen LogP contribution in [0.3, 0.4) is 0 Å². The molecular weight excluding hydrogens is 145 g/mol. The first kappa shape index (κ1) is 9.94. The molecule has 0 aromatic rings. The van der Waals surface area contributed by atoms with E-state index in [0.29, 0.717) is 13.0 Å². The molecule has 1 fully saturated rings. The number of carboxylic acid groups (broad SMARTS) is 1. The van der Waals surface area contributed by atoms with Gasteiger partial charge in [0.2, 0.25) is 0 Å². The van der Waals surface area contributed by atoms with Crippen molar-refractivity contribution >= 4 is 11.9 Å². The SMILES string of the molecule is O=C1CCN(C(=O)[O-])C1.[Na+]. The van der Waals surface area contributed by atoms with Crippen LogP contribution in [0.1, 0.15) is 6.42 Å². The average Bonchev–Trinajstić information content (AvgIpc) is 2.14. The molecule has 5 heteroatoms. The zero-order chi connectivity index (χ0) is 6.85. The van der Waals surface area contributed by atoms with E-state index in [4.69, 9.17) is 0 Å². The van der Waals surface area contributed by atoms with E-state index in [9.17, 15) is 14.7 Å². The summed E-state index contributed by atoms with van der Waals surface area (Å²) in [6, 6.07) is 0. The van der Waals surface area contributed by atoms with Gasteiger partial charge in [-0.05, 0) is 0 Å². The Morgan fingerprint density at radius 1 is 1.60 bits per heavy atom. The topological polar surface area (TPSA) is 60.4 Å². The minimum absolute atomic E-state index is 0. The molecule has 1 saturated heterocycles. The quantitative estimate of drug-likeness (QED) is 0.328. The minimum atomic E-state index is -1.25. The van der Waals surface area contributed by atoms with Gasteiger partial charge in [-0.3, -0.25) is 4.79 Å². The molecule has 0 aromatic heterocycles. The van der Waals surface area contributed by atoms with Crippen molar-refractivity contribution in [2.75, 3.05) is 13.1 Å². The first-order chi connectivity index (χ1) is 4.20. The monoisotopic (exact) mass is 151 g/mol. The molecule has 10 heavy (non-hydrogen) atoms. The Balaban J connectivity index is 0.000000810. The van der Waals surface area contributed by atoms with Gasteiger partial charge in [0.05, 0.1) is 6.54 Å². The second-order valence-electron chi connectivity index (χ2n) is 1.98. The number of nitrogens with zero attached hydrogens (tertiary/aromatic N) is 1. The van der Waals surface area contributed by atoms with Gasteiger partial charge in [0.15, 0.2) is 5.78 Å². The maximum Gasteiger partial charge on any atom is 1.00 e. The van der Waals surface area contributed by atoms with E-state index in [-0.39, 0.29) is 41.9 Å². The first-order valence-corrected chi connectivity index (χ1v) is 2.68. The third-order valence-corrected chi connectivity index (χ3v) is 1.29. The summed E-state index contributed by atoms with van der Waals surface area (Å²) < 4.78 is 0. The third-order valence-electron chi connectivity index (χ3n) is 1.29. The number of amides is 1. The molecule has 1 heterocycles. The number of carbonyl (C=O) groups is 2. The molecule has 0 saturated carbocycles. The Labute approximate surface area is 80.5 Å². The van der Waals surface area contributed by atoms with Gasteiger partial charge in [0.1, 0.15) is 6.09 Å². The van der Waals surface area contributed by atoms with Crippen LogP contribution >= 0.6 is 0 Å². The fourth-order valence-electron chi connectivity index (χ4n) is 0.786. The number of hydrogen-bond acceptors (Lipinski definition) is 3. The zero-order valence-electron chi connectivity index (χ0n) is 5.79. The van der Waals surface area contributed by atoms with Crippen LogP contribution in [0.15, 0.2) is 0 Å². The maximum atomic E-state index is 10.4. The summed E-state index contributed by atoms with van der Waals surface area (Å²) in [4.78, 5) is 21.4. The molecule has 0 atom stereocenters. The smallest absolute Gasteiger partial charge is 0.530 e. The van der Waals surface area contributed by atoms with Crippen LogP contribution in [0, 0.1) is 0 Å². The summed E-state index contributed by atoms with van der Waals surface area (Å²) in [5.41, 5.74) is 0. The molecule has 0 bridgehead atoms. The largest absolute Gasteiger partial charge is 1.00 e. The molecule has 1 aliphatic rings. The summed E-state index contributed by atoms with van der Waals surface area (Å²) in [5, 5.41) is 10.0. The van der Waals surface area contributed by atoms with Gasteiger partial charge in [-0.15, -0.1) is 0 Å². The van der Waals surface area contributed by atoms with E-state index < -0.39 is 6.09 Å². The molecular formula is C5H6NNaO3. The van der Waals surface area contributed by atoms with Crippen molar-refractivity contribution in [3.05, 3.63) is 0 Å². The van der Waals surface area contributed by atoms with Crippen LogP contribution in [-0.4, -0.2) is 29.9 Å². The summed E-state index contributed by atoms with van der Waals surface area (Å²) in [6.45, 7) is 0.323. The van der Waals surface area contributed by atoms with Crippen molar-refractivity contribution in [2.24, 2.45) is 0 Å². The molecule has 50 valence electrons. The molecule has 1 amide bonds. The molecule has 0 N–H and O–H groups in total. The van der Waals surface area contributed by atoms with E-state index in [1.807, 2.05) is 0 Å². The van der Waals surface area contributed by atoms with Crippen LogP contribution in [-0.2, 0) is 4.79 Å². The van der Waals surface area contributed by atoms with Crippen molar-refractivity contribution < 1.29 is 44.3 Å². The van der Waals surface area contributed by atoms with Crippen molar-refractivity contribution in [3.63, 3.8) is 0 Å². The maximum absolute atomic E-state index is 10.4. The Morgan fingerprint density at radius 3 is 2.40 bits per heavy atom. The summed E-state index contributed by atoms with van der Waals surface area (Å²) in [7, 11) is 0. The number of Topliss-reactive ketones (excluding diaryl/α,β-unsaturated/α-hetero) is 1. The van der Waals surface area contributed by atoms with Crippen molar-refractivity contribution in [3.8, 4) is 0 Å². The van der Waals surface area contributed by atoms with Gasteiger partial charge < -0.3 is 14.8 Å². The molecule has 0 aromatic carbocycles. The Bertz CT molecular complexity index is 159. The predicted octanol–water partition coefficient (Wildman–Crippen LogP) is -4.39. The van der Waals surface area contributed by atoms with E-state index in [2.05, 4.69) is 0 Å². The average molecular weight is 151 g/mol. The van der Waals surface area contributed by atoms with E-state index in [0.717, 1.165) is 4.90 Å². The summed E-state index contributed by atoms with van der Waals surface area (Å²) in [5.74, 6) is -0.0285. The standard InChI is InChI=1S/C5H7NO3.Na/c7-4-1-2-6(3-4)5(8)9;/h1-3H2,(H,8,9);/q;+1/p-1. The fraction of sp³-hybridized carbons (Fsp3) is 0.600. The molecule has 0 unspecified atom stereocenters. The summed E-state index contributed by atoms with van der Waals surface area (Å²) >= 11 is 0. The van der Waals surface area contributed by atoms with Crippen molar-refractivity contribution in [1.29, 1.82) is 0 Å². The number of ketones is 1. The van der Waals surface area contributed by atoms with Gasteiger partial charge in [-0.1, -0.05) is 0 Å². The van der Waals surface area contributed by atoms with E-state index >= 15 is 0 Å². The van der Waals surface area contributed by atoms with Crippen LogP contribution in [0.25, 0.3) is 0 Å². The van der Waals surface area contributed by atoms with Crippen molar-refractivity contribution in [2.45, 2.75) is 6.42 Å². The van der Waals surface area contributed by atoms with Gasteiger partial charge >= 0.3 is 29.6 Å². The second kappa shape index (κ2) is 3.95. The third kappa shape index (κ3) is 2.28. The van der Waals surface area contributed by atoms with E-state index in [1.54, 1.807) is 0 Å². The number of carbonyl (C=O) groups excluding carboxylic acids is 2. The fourth-order valence-corrected chi connectivity index (χ4v) is 0.786. The molecule has 0 aliphatic carbocycles. The van der Waals surface area contributed by atoms with Crippen LogP contribution in [0.5, 0.6) is 0 Å². The van der Waals surface area contributed by atoms with Gasteiger partial charge in [0, 0.05) is 13.0 Å². The molecule has 1 aliphatic heterocycles. The zero-order valence-corrected chi connectivity index (χ0v) is 7.79. The van der Waals surface area contributed by atoms with Crippen molar-refractivity contribution in [1.82, 2.24) is 4.90 Å². The van der Waals surface area contributed by atoms with Crippen LogP contribution in [0.2, 0.25) is 0 Å². The van der Waals surface area contributed by atoms with E-state index in [1.165, 1.54) is 0 Å².